The van der Waals surface area contributed by atoms with Gasteiger partial charge in [0.15, 0.2) is 0 Å². The Hall–Kier alpha value is -2.02. The van der Waals surface area contributed by atoms with Gasteiger partial charge in [-0.15, -0.1) is 0 Å². The fraction of sp³-hybridized carbons (Fsp3) is 0.391. The third-order valence-electron chi connectivity index (χ3n) is 5.19. The average molecular weight is 319 g/mol. The molecule has 0 bridgehead atoms. The van der Waals surface area contributed by atoms with Gasteiger partial charge in [0.2, 0.25) is 0 Å². The van der Waals surface area contributed by atoms with Crippen LogP contribution in [-0.2, 0) is 0 Å². The zero-order valence-electron chi connectivity index (χ0n) is 14.9. The molecule has 1 fully saturated rings. The molecule has 24 heavy (non-hydrogen) atoms. The quantitative estimate of drug-likeness (QED) is 0.553. The molecule has 0 aromatic heterocycles. The number of nitrogens with zero attached hydrogens (tertiary/aromatic N) is 1. The highest BCUT2D eigenvalue weighted by Gasteiger charge is 2.17. The summed E-state index contributed by atoms with van der Waals surface area (Å²) in [6, 6.07) is 19.4. The van der Waals surface area contributed by atoms with Crippen molar-refractivity contribution in [2.45, 2.75) is 51.9 Å². The van der Waals surface area contributed by atoms with Crippen molar-refractivity contribution in [3.05, 3.63) is 72.4 Å². The van der Waals surface area contributed by atoms with Gasteiger partial charge in [-0.1, -0.05) is 74.6 Å². The van der Waals surface area contributed by atoms with Crippen LogP contribution in [0.4, 0.5) is 11.4 Å². The minimum absolute atomic E-state index is 0.895. The van der Waals surface area contributed by atoms with Gasteiger partial charge in [0.1, 0.15) is 0 Å². The van der Waals surface area contributed by atoms with Crippen LogP contribution in [-0.4, -0.2) is 0 Å². The molecular formula is C23H29N. The van der Waals surface area contributed by atoms with Gasteiger partial charge in [0.05, 0.1) is 0 Å². The van der Waals surface area contributed by atoms with Crippen molar-refractivity contribution in [1.82, 2.24) is 0 Å². The van der Waals surface area contributed by atoms with Crippen molar-refractivity contribution in [1.29, 1.82) is 0 Å². The zero-order chi connectivity index (χ0) is 16.8. The molecule has 2 aromatic rings. The minimum Gasteiger partial charge on any atom is -0.315 e. The lowest BCUT2D eigenvalue weighted by Crippen LogP contribution is -2.17. The molecule has 1 nitrogen and oxygen atoms in total. The molecule has 0 spiro atoms. The Morgan fingerprint density at radius 3 is 2.21 bits per heavy atom. The Kier molecular flexibility index (Phi) is 5.74. The molecule has 126 valence electrons. The maximum Gasteiger partial charge on any atom is 0.0458 e. The van der Waals surface area contributed by atoms with Crippen LogP contribution in [0.3, 0.4) is 0 Å². The van der Waals surface area contributed by atoms with Crippen LogP contribution in [0, 0.1) is 12.8 Å². The molecule has 3 rings (SSSR count). The van der Waals surface area contributed by atoms with Crippen molar-refractivity contribution in [2.24, 2.45) is 5.92 Å². The Balaban J connectivity index is 1.76. The van der Waals surface area contributed by atoms with Crippen molar-refractivity contribution in [3.63, 3.8) is 0 Å². The van der Waals surface area contributed by atoms with Gasteiger partial charge in [-0.3, -0.25) is 0 Å². The second kappa shape index (κ2) is 8.19. The van der Waals surface area contributed by atoms with E-state index in [4.69, 9.17) is 0 Å². The predicted octanol–water partition coefficient (Wildman–Crippen LogP) is 7.01. The predicted molar refractivity (Wildman–Crippen MR) is 105 cm³/mol. The van der Waals surface area contributed by atoms with E-state index in [2.05, 4.69) is 73.0 Å². The maximum absolute atomic E-state index is 4.44. The zero-order valence-corrected chi connectivity index (χ0v) is 14.9. The Labute approximate surface area is 147 Å². The van der Waals surface area contributed by atoms with Crippen LogP contribution in [0.25, 0.3) is 0 Å². The lowest BCUT2D eigenvalue weighted by molar-refractivity contribution is 0.339. The van der Waals surface area contributed by atoms with E-state index in [0.717, 1.165) is 12.3 Å². The first-order valence-electron chi connectivity index (χ1n) is 9.33. The highest BCUT2D eigenvalue weighted by atomic mass is 15.1. The summed E-state index contributed by atoms with van der Waals surface area (Å²) in [4.78, 5) is 2.32. The van der Waals surface area contributed by atoms with Gasteiger partial charge in [0.25, 0.3) is 0 Å². The van der Waals surface area contributed by atoms with E-state index in [1.54, 1.807) is 0 Å². The van der Waals surface area contributed by atoms with E-state index in [1.165, 1.54) is 61.2 Å². The van der Waals surface area contributed by atoms with E-state index in [1.807, 2.05) is 0 Å². The van der Waals surface area contributed by atoms with Gasteiger partial charge in [-0.25, -0.2) is 0 Å². The number of rotatable bonds is 6. The molecule has 0 unspecified atom stereocenters. The van der Waals surface area contributed by atoms with E-state index in [0.29, 0.717) is 0 Å². The van der Waals surface area contributed by atoms with Crippen molar-refractivity contribution in [2.75, 3.05) is 4.90 Å². The molecule has 0 radical (unpaired) electrons. The van der Waals surface area contributed by atoms with E-state index in [-0.39, 0.29) is 0 Å². The van der Waals surface area contributed by atoms with E-state index in [9.17, 15) is 0 Å². The van der Waals surface area contributed by atoms with E-state index >= 15 is 0 Å². The number of hydrogen-bond acceptors (Lipinski definition) is 1. The number of anilines is 2. The summed E-state index contributed by atoms with van der Waals surface area (Å²) in [5.41, 5.74) is 4.91. The Morgan fingerprint density at radius 1 is 0.917 bits per heavy atom. The van der Waals surface area contributed by atoms with Crippen molar-refractivity contribution in [3.8, 4) is 0 Å². The third-order valence-corrected chi connectivity index (χ3v) is 5.19. The highest BCUT2D eigenvalue weighted by Crippen LogP contribution is 2.34. The van der Waals surface area contributed by atoms with Crippen molar-refractivity contribution < 1.29 is 0 Å². The van der Waals surface area contributed by atoms with E-state index < -0.39 is 0 Å². The summed E-state index contributed by atoms with van der Waals surface area (Å²) >= 11 is 0. The molecule has 1 saturated carbocycles. The summed E-state index contributed by atoms with van der Waals surface area (Å²) in [5, 5.41) is 0. The Bertz CT molecular complexity index is 635. The second-order valence-electron chi connectivity index (χ2n) is 7.12. The summed E-state index contributed by atoms with van der Waals surface area (Å²) in [5.74, 6) is 0.895. The molecule has 2 aromatic carbocycles. The molecular weight excluding hydrogens is 290 g/mol. The fourth-order valence-electron chi connectivity index (χ4n) is 3.74. The highest BCUT2D eigenvalue weighted by molar-refractivity contribution is 5.68. The first-order valence-corrected chi connectivity index (χ1v) is 9.33. The first kappa shape index (κ1) is 16.8. The standard InChI is InChI=1S/C23H29N/c1-19-13-17-23(18-14-19)24(22-11-7-4-8-12-22)20(2)15-16-21-9-5-3-6-10-21/h4,7-8,11-14,17-18,21H,2-3,5-6,9-10,15-16H2,1H3. The number of benzene rings is 2. The van der Waals surface area contributed by atoms with Crippen LogP contribution in [0.5, 0.6) is 0 Å². The average Bonchev–Trinajstić information content (AvgIpc) is 2.64. The van der Waals surface area contributed by atoms with Crippen LogP contribution in [0.2, 0.25) is 0 Å². The summed E-state index contributed by atoms with van der Waals surface area (Å²) in [6.45, 7) is 6.57. The SMILES string of the molecule is C=C(CCC1CCCCC1)N(c1ccccc1)c1ccc(C)cc1. The number of para-hydroxylation sites is 1. The van der Waals surface area contributed by atoms with Crippen LogP contribution >= 0.6 is 0 Å². The van der Waals surface area contributed by atoms with Crippen LogP contribution < -0.4 is 4.90 Å². The van der Waals surface area contributed by atoms with Crippen LogP contribution in [0.15, 0.2) is 66.9 Å². The van der Waals surface area contributed by atoms with Gasteiger partial charge >= 0.3 is 0 Å². The fourth-order valence-corrected chi connectivity index (χ4v) is 3.74. The largest absolute Gasteiger partial charge is 0.315 e. The molecule has 1 aliphatic rings. The molecule has 0 aliphatic heterocycles. The van der Waals surface area contributed by atoms with Gasteiger partial charge in [-0.05, 0) is 49.9 Å². The lowest BCUT2D eigenvalue weighted by Gasteiger charge is -2.29. The first-order chi connectivity index (χ1) is 11.7. The summed E-state index contributed by atoms with van der Waals surface area (Å²) in [7, 11) is 0. The van der Waals surface area contributed by atoms with Crippen molar-refractivity contribution >= 4 is 11.4 Å². The molecule has 0 amide bonds. The van der Waals surface area contributed by atoms with Gasteiger partial charge < -0.3 is 4.90 Å². The number of hydrogen-bond donors (Lipinski definition) is 0. The number of allylic oxidation sites excluding steroid dienone is 1. The summed E-state index contributed by atoms with van der Waals surface area (Å²) in [6.07, 6.45) is 9.42. The third kappa shape index (κ3) is 4.29. The minimum atomic E-state index is 0.895. The molecule has 0 atom stereocenters. The molecule has 0 heterocycles. The topological polar surface area (TPSA) is 3.24 Å². The smallest absolute Gasteiger partial charge is 0.0458 e. The van der Waals surface area contributed by atoms with Crippen LogP contribution in [0.1, 0.15) is 50.5 Å². The normalized spacial score (nSPS) is 15.2. The lowest BCUT2D eigenvalue weighted by atomic mass is 9.86. The molecule has 0 N–H and O–H groups in total. The van der Waals surface area contributed by atoms with Gasteiger partial charge in [-0.2, -0.15) is 0 Å². The summed E-state index contributed by atoms with van der Waals surface area (Å²) < 4.78 is 0. The molecule has 1 heteroatoms. The molecule has 1 aliphatic carbocycles. The maximum atomic E-state index is 4.44. The molecule has 0 saturated heterocycles. The second-order valence-corrected chi connectivity index (χ2v) is 7.12. The van der Waals surface area contributed by atoms with Gasteiger partial charge in [0, 0.05) is 17.1 Å². The monoisotopic (exact) mass is 319 g/mol. The number of aryl methyl sites for hydroxylation is 1. The Morgan fingerprint density at radius 2 is 1.54 bits per heavy atom.